The van der Waals surface area contributed by atoms with Crippen LogP contribution in [0.25, 0.3) is 0 Å². The Morgan fingerprint density at radius 3 is 2.53 bits per heavy atom. The van der Waals surface area contributed by atoms with Gasteiger partial charge < -0.3 is 9.94 Å². The Hall–Kier alpha value is -1.74. The van der Waals surface area contributed by atoms with Crippen molar-refractivity contribution in [3.05, 3.63) is 53.6 Å². The molecule has 0 aliphatic rings. The number of halogens is 1. The van der Waals surface area contributed by atoms with Crippen LogP contribution in [0.5, 0.6) is 5.75 Å². The Morgan fingerprint density at radius 2 is 2.00 bits per heavy atom. The van der Waals surface area contributed by atoms with Gasteiger partial charge in [-0.15, -0.1) is 0 Å². The molecule has 0 heterocycles. The second kappa shape index (κ2) is 8.38. The number of oxime groups is 1. The molecule has 0 aliphatic carbocycles. The van der Waals surface area contributed by atoms with Gasteiger partial charge in [-0.25, -0.2) is 0 Å². The molecule has 0 amide bonds. The molecule has 1 N–H and O–H groups in total. The maximum Gasteiger partial charge on any atom is 0.149 e. The van der Waals surface area contributed by atoms with Crippen molar-refractivity contribution in [2.45, 2.75) is 20.3 Å². The minimum atomic E-state index is 0.165. The average molecular weight is 280 g/mol. The number of hydrogen-bond acceptors (Lipinski definition) is 3. The van der Waals surface area contributed by atoms with Crippen molar-refractivity contribution in [1.29, 1.82) is 0 Å². The van der Waals surface area contributed by atoms with E-state index in [2.05, 4.69) is 5.16 Å². The summed E-state index contributed by atoms with van der Waals surface area (Å²) >= 11 is 5.65. The van der Waals surface area contributed by atoms with Gasteiger partial charge in [-0.1, -0.05) is 47.1 Å². The lowest BCUT2D eigenvalue weighted by atomic mass is 10.1. The van der Waals surface area contributed by atoms with Gasteiger partial charge in [-0.05, 0) is 37.1 Å². The summed E-state index contributed by atoms with van der Waals surface area (Å²) < 4.78 is 5.67. The first-order valence-electron chi connectivity index (χ1n) is 6.05. The second-order valence-corrected chi connectivity index (χ2v) is 4.39. The lowest BCUT2D eigenvalue weighted by molar-refractivity contribution is 0.319. The van der Waals surface area contributed by atoms with E-state index >= 15 is 0 Å². The molecule has 0 aliphatic heterocycles. The molecule has 0 spiro atoms. The number of ether oxygens (including phenoxy) is 1. The van der Waals surface area contributed by atoms with Crippen molar-refractivity contribution in [1.82, 2.24) is 0 Å². The fourth-order valence-corrected chi connectivity index (χ4v) is 1.67. The molecule has 0 fully saturated rings. The largest absolute Gasteiger partial charge is 0.489 e. The standard InChI is InChI=1S/C15H18ClNO2/c1-3-5-12(4-2)11-19-14-8-6-13(7-9-14)10-15(16)17-18/h3-9,18H,10-11H2,1-2H3/b5-3-,12-4+,17-15-. The number of benzene rings is 1. The fraction of sp³-hybridized carbons (Fsp3) is 0.267. The van der Waals surface area contributed by atoms with Crippen molar-refractivity contribution in [2.75, 3.05) is 6.61 Å². The van der Waals surface area contributed by atoms with E-state index < -0.39 is 0 Å². The first-order chi connectivity index (χ1) is 9.19. The van der Waals surface area contributed by atoms with Crippen LogP contribution in [0.3, 0.4) is 0 Å². The topological polar surface area (TPSA) is 41.8 Å². The van der Waals surface area contributed by atoms with Gasteiger partial charge in [-0.2, -0.15) is 0 Å². The third-order valence-corrected chi connectivity index (χ3v) is 2.75. The highest BCUT2D eigenvalue weighted by Gasteiger charge is 2.00. The molecule has 0 bridgehead atoms. The molecule has 0 saturated heterocycles. The van der Waals surface area contributed by atoms with E-state index in [1.54, 1.807) is 0 Å². The van der Waals surface area contributed by atoms with Gasteiger partial charge in [0, 0.05) is 6.42 Å². The zero-order valence-corrected chi connectivity index (χ0v) is 11.9. The molecule has 3 nitrogen and oxygen atoms in total. The minimum absolute atomic E-state index is 0.165. The van der Waals surface area contributed by atoms with Gasteiger partial charge in [0.25, 0.3) is 0 Å². The van der Waals surface area contributed by atoms with Crippen LogP contribution in [0, 0.1) is 0 Å². The molecule has 1 rings (SSSR count). The molecule has 0 saturated carbocycles. The van der Waals surface area contributed by atoms with Crippen molar-refractivity contribution >= 4 is 16.8 Å². The van der Waals surface area contributed by atoms with Gasteiger partial charge in [0.05, 0.1) is 0 Å². The summed E-state index contributed by atoms with van der Waals surface area (Å²) in [6, 6.07) is 7.54. The number of allylic oxidation sites excluding steroid dienone is 2. The number of hydrogen-bond donors (Lipinski definition) is 1. The van der Waals surface area contributed by atoms with E-state index in [4.69, 9.17) is 21.5 Å². The van der Waals surface area contributed by atoms with E-state index in [0.717, 1.165) is 16.9 Å². The van der Waals surface area contributed by atoms with Crippen molar-refractivity contribution < 1.29 is 9.94 Å². The molecular formula is C15H18ClNO2. The van der Waals surface area contributed by atoms with Gasteiger partial charge in [0.1, 0.15) is 17.5 Å². The SMILES string of the molecule is C/C=C\C(=C/C)COc1ccc(C/C(Cl)=N/O)cc1. The summed E-state index contributed by atoms with van der Waals surface area (Å²) in [7, 11) is 0. The molecule has 19 heavy (non-hydrogen) atoms. The molecule has 102 valence electrons. The lowest BCUT2D eigenvalue weighted by Gasteiger charge is -2.07. The second-order valence-electron chi connectivity index (χ2n) is 3.95. The van der Waals surface area contributed by atoms with Crippen molar-refractivity contribution in [3.8, 4) is 5.75 Å². The summed E-state index contributed by atoms with van der Waals surface area (Å²) in [6.07, 6.45) is 6.44. The number of nitrogens with zero attached hydrogens (tertiary/aromatic N) is 1. The molecule has 0 atom stereocenters. The average Bonchev–Trinajstić information content (AvgIpc) is 2.44. The highest BCUT2D eigenvalue weighted by atomic mass is 35.5. The van der Waals surface area contributed by atoms with Gasteiger partial charge in [-0.3, -0.25) is 0 Å². The molecule has 0 radical (unpaired) electrons. The molecule has 4 heteroatoms. The van der Waals surface area contributed by atoms with Gasteiger partial charge >= 0.3 is 0 Å². The normalized spacial score (nSPS) is 13.0. The summed E-state index contributed by atoms with van der Waals surface area (Å²) in [6.45, 7) is 4.50. The predicted octanol–water partition coefficient (Wildman–Crippen LogP) is 4.16. The smallest absolute Gasteiger partial charge is 0.149 e. The Kier molecular flexibility index (Phi) is 6.75. The Balaban J connectivity index is 2.57. The van der Waals surface area contributed by atoms with Crippen LogP contribution in [-0.2, 0) is 6.42 Å². The zero-order chi connectivity index (χ0) is 14.1. The highest BCUT2D eigenvalue weighted by Crippen LogP contribution is 2.14. The van der Waals surface area contributed by atoms with Gasteiger partial charge in [0.15, 0.2) is 0 Å². The summed E-state index contributed by atoms with van der Waals surface area (Å²) in [5.41, 5.74) is 2.09. The van der Waals surface area contributed by atoms with E-state index in [1.807, 2.05) is 56.3 Å². The minimum Gasteiger partial charge on any atom is -0.489 e. The van der Waals surface area contributed by atoms with Crippen LogP contribution in [0.4, 0.5) is 0 Å². The fourth-order valence-electron chi connectivity index (χ4n) is 1.52. The van der Waals surface area contributed by atoms with Crippen LogP contribution in [0.15, 0.2) is 53.2 Å². The molecule has 0 aromatic heterocycles. The monoisotopic (exact) mass is 279 g/mol. The van der Waals surface area contributed by atoms with E-state index in [-0.39, 0.29) is 5.17 Å². The van der Waals surface area contributed by atoms with Crippen LogP contribution in [-0.4, -0.2) is 17.0 Å². The Labute approximate surface area is 118 Å². The lowest BCUT2D eigenvalue weighted by Crippen LogP contribution is -2.00. The quantitative estimate of drug-likeness (QED) is 0.368. The van der Waals surface area contributed by atoms with Crippen LogP contribution in [0.1, 0.15) is 19.4 Å². The number of rotatable bonds is 6. The van der Waals surface area contributed by atoms with Crippen LogP contribution in [0.2, 0.25) is 0 Å². The summed E-state index contributed by atoms with van der Waals surface area (Å²) in [5, 5.41) is 11.6. The maximum atomic E-state index is 8.49. The van der Waals surface area contributed by atoms with Crippen molar-refractivity contribution in [3.63, 3.8) is 0 Å². The molecular weight excluding hydrogens is 262 g/mol. The van der Waals surface area contributed by atoms with E-state index in [1.165, 1.54) is 0 Å². The summed E-state index contributed by atoms with van der Waals surface area (Å²) in [4.78, 5) is 0. The Bertz CT molecular complexity index is 475. The Morgan fingerprint density at radius 1 is 1.32 bits per heavy atom. The van der Waals surface area contributed by atoms with Crippen LogP contribution >= 0.6 is 11.6 Å². The van der Waals surface area contributed by atoms with Crippen LogP contribution < -0.4 is 4.74 Å². The van der Waals surface area contributed by atoms with Crippen molar-refractivity contribution in [2.24, 2.45) is 5.16 Å². The van der Waals surface area contributed by atoms with E-state index in [9.17, 15) is 0 Å². The third kappa shape index (κ3) is 5.62. The molecule has 1 aromatic rings. The zero-order valence-electron chi connectivity index (χ0n) is 11.1. The third-order valence-electron chi connectivity index (χ3n) is 2.54. The maximum absolute atomic E-state index is 8.49. The first kappa shape index (κ1) is 15.3. The molecule has 0 unspecified atom stereocenters. The van der Waals surface area contributed by atoms with E-state index in [0.29, 0.717) is 13.0 Å². The molecule has 1 aromatic carbocycles. The highest BCUT2D eigenvalue weighted by molar-refractivity contribution is 6.65. The predicted molar refractivity (Wildman–Crippen MR) is 79.3 cm³/mol. The summed E-state index contributed by atoms with van der Waals surface area (Å²) in [5.74, 6) is 0.796. The van der Waals surface area contributed by atoms with Gasteiger partial charge in [0.2, 0.25) is 0 Å². The first-order valence-corrected chi connectivity index (χ1v) is 6.43.